The summed E-state index contributed by atoms with van der Waals surface area (Å²) in [5.41, 5.74) is 0.880. The summed E-state index contributed by atoms with van der Waals surface area (Å²) in [6.45, 7) is 4.61. The average molecular weight is 451 g/mol. The summed E-state index contributed by atoms with van der Waals surface area (Å²) >= 11 is 12.1. The van der Waals surface area contributed by atoms with Gasteiger partial charge in [-0.3, -0.25) is 9.59 Å². The highest BCUT2D eigenvalue weighted by Crippen LogP contribution is 2.23. The van der Waals surface area contributed by atoms with E-state index in [1.807, 2.05) is 19.1 Å². The molecule has 0 aliphatic heterocycles. The molecule has 5 nitrogen and oxygen atoms in total. The van der Waals surface area contributed by atoms with Crippen LogP contribution in [0.25, 0.3) is 0 Å². The Morgan fingerprint density at radius 2 is 1.77 bits per heavy atom. The average Bonchev–Trinajstić information content (AvgIpc) is 2.74. The van der Waals surface area contributed by atoms with Crippen LogP contribution in [0.4, 0.5) is 0 Å². The number of para-hydroxylation sites is 1. The normalized spacial score (nSPS) is 11.6. The minimum absolute atomic E-state index is 0.161. The Kier molecular flexibility index (Phi) is 9.98. The maximum absolute atomic E-state index is 13.1. The molecular formula is C23H28Cl2N2O3. The van der Waals surface area contributed by atoms with E-state index in [1.54, 1.807) is 41.3 Å². The monoisotopic (exact) mass is 450 g/mol. The van der Waals surface area contributed by atoms with E-state index in [0.29, 0.717) is 28.8 Å². The predicted molar refractivity (Wildman–Crippen MR) is 121 cm³/mol. The van der Waals surface area contributed by atoms with Gasteiger partial charge < -0.3 is 15.0 Å². The summed E-state index contributed by atoms with van der Waals surface area (Å²) in [6, 6.07) is 13.6. The molecule has 2 aromatic rings. The summed E-state index contributed by atoms with van der Waals surface area (Å²) in [7, 11) is 0. The molecule has 0 saturated heterocycles. The third kappa shape index (κ3) is 7.22. The molecule has 2 amide bonds. The van der Waals surface area contributed by atoms with E-state index in [4.69, 9.17) is 27.9 Å². The minimum Gasteiger partial charge on any atom is -0.482 e. The Balaban J connectivity index is 2.17. The number of halogens is 2. The second-order valence-corrected chi connectivity index (χ2v) is 7.78. The van der Waals surface area contributed by atoms with Gasteiger partial charge in [0.2, 0.25) is 5.91 Å². The number of carbonyl (C=O) groups excluding carboxylic acids is 2. The molecular weight excluding hydrogens is 423 g/mol. The van der Waals surface area contributed by atoms with E-state index >= 15 is 0 Å². The van der Waals surface area contributed by atoms with Gasteiger partial charge in [0.15, 0.2) is 6.61 Å². The van der Waals surface area contributed by atoms with Crippen molar-refractivity contribution in [3.05, 3.63) is 64.1 Å². The highest BCUT2D eigenvalue weighted by atomic mass is 35.5. The number of unbranched alkanes of at least 4 members (excludes halogenated alkanes) is 1. The summed E-state index contributed by atoms with van der Waals surface area (Å²) in [4.78, 5) is 27.4. The molecule has 0 saturated carbocycles. The van der Waals surface area contributed by atoms with Crippen LogP contribution in [0.1, 0.15) is 38.7 Å². The first-order chi connectivity index (χ1) is 14.5. The van der Waals surface area contributed by atoms with Crippen molar-refractivity contribution < 1.29 is 14.3 Å². The lowest BCUT2D eigenvalue weighted by molar-refractivity contribution is -0.143. The summed E-state index contributed by atoms with van der Waals surface area (Å²) < 4.78 is 5.63. The molecule has 0 bridgehead atoms. The molecule has 1 N–H and O–H groups in total. The second-order valence-electron chi connectivity index (χ2n) is 6.94. The van der Waals surface area contributed by atoms with Gasteiger partial charge >= 0.3 is 0 Å². The Morgan fingerprint density at radius 3 is 2.40 bits per heavy atom. The molecule has 0 aliphatic rings. The highest BCUT2D eigenvalue weighted by molar-refractivity contribution is 6.32. The molecule has 0 aliphatic carbocycles. The zero-order valence-electron chi connectivity index (χ0n) is 17.4. The first kappa shape index (κ1) is 24.0. The fourth-order valence-corrected chi connectivity index (χ4v) is 3.31. The van der Waals surface area contributed by atoms with Gasteiger partial charge in [-0.25, -0.2) is 0 Å². The lowest BCUT2D eigenvalue weighted by atomic mass is 10.1. The standard InChI is InChI=1S/C23H28Cl2N2O3/c1-3-5-14-26-23(29)20(4-2)27(15-17-10-12-18(24)13-11-17)22(28)16-30-21-9-7-6-8-19(21)25/h6-13,20H,3-5,14-16H2,1-2H3,(H,26,29)/t20-/m1/s1. The van der Waals surface area contributed by atoms with Crippen molar-refractivity contribution in [3.63, 3.8) is 0 Å². The predicted octanol–water partition coefficient (Wildman–Crippen LogP) is 5.10. The van der Waals surface area contributed by atoms with Crippen LogP contribution in [0.15, 0.2) is 48.5 Å². The Labute approximate surface area is 188 Å². The smallest absolute Gasteiger partial charge is 0.261 e. The van der Waals surface area contributed by atoms with Gasteiger partial charge in [0.05, 0.1) is 5.02 Å². The van der Waals surface area contributed by atoms with E-state index in [9.17, 15) is 9.59 Å². The van der Waals surface area contributed by atoms with E-state index in [2.05, 4.69) is 12.2 Å². The highest BCUT2D eigenvalue weighted by Gasteiger charge is 2.28. The van der Waals surface area contributed by atoms with Crippen LogP contribution in [0.2, 0.25) is 10.0 Å². The van der Waals surface area contributed by atoms with Gasteiger partial charge in [-0.15, -0.1) is 0 Å². The number of hydrogen-bond acceptors (Lipinski definition) is 3. The van der Waals surface area contributed by atoms with Gasteiger partial charge in [0.25, 0.3) is 5.91 Å². The Bertz CT molecular complexity index is 827. The van der Waals surface area contributed by atoms with Crippen LogP contribution in [-0.4, -0.2) is 35.9 Å². The third-order valence-corrected chi connectivity index (χ3v) is 5.23. The number of benzene rings is 2. The minimum atomic E-state index is -0.597. The third-order valence-electron chi connectivity index (χ3n) is 4.67. The molecule has 30 heavy (non-hydrogen) atoms. The molecule has 0 heterocycles. The molecule has 1 atom stereocenters. The van der Waals surface area contributed by atoms with Crippen molar-refractivity contribution in [2.24, 2.45) is 0 Å². The van der Waals surface area contributed by atoms with Crippen LogP contribution in [0.5, 0.6) is 5.75 Å². The Hall–Kier alpha value is -2.24. The second kappa shape index (κ2) is 12.5. The fourth-order valence-electron chi connectivity index (χ4n) is 3.00. The first-order valence-electron chi connectivity index (χ1n) is 10.1. The van der Waals surface area contributed by atoms with Gasteiger partial charge in [-0.1, -0.05) is 67.7 Å². The number of nitrogens with one attached hydrogen (secondary N) is 1. The van der Waals surface area contributed by atoms with Gasteiger partial charge in [-0.2, -0.15) is 0 Å². The maximum Gasteiger partial charge on any atom is 0.261 e. The van der Waals surface area contributed by atoms with Crippen molar-refractivity contribution in [3.8, 4) is 5.75 Å². The number of ether oxygens (including phenoxy) is 1. The van der Waals surface area contributed by atoms with Gasteiger partial charge in [0.1, 0.15) is 11.8 Å². The zero-order chi connectivity index (χ0) is 21.9. The molecule has 0 radical (unpaired) electrons. The van der Waals surface area contributed by atoms with Crippen molar-refractivity contribution in [2.75, 3.05) is 13.2 Å². The fraction of sp³-hybridized carbons (Fsp3) is 0.391. The van der Waals surface area contributed by atoms with Crippen molar-refractivity contribution >= 4 is 35.0 Å². The number of rotatable bonds is 11. The molecule has 7 heteroatoms. The Morgan fingerprint density at radius 1 is 1.07 bits per heavy atom. The van der Waals surface area contributed by atoms with Crippen LogP contribution >= 0.6 is 23.2 Å². The molecule has 2 aromatic carbocycles. The van der Waals surface area contributed by atoms with E-state index in [1.165, 1.54) is 0 Å². The van der Waals surface area contributed by atoms with E-state index in [-0.39, 0.29) is 25.0 Å². The van der Waals surface area contributed by atoms with Crippen LogP contribution in [0.3, 0.4) is 0 Å². The molecule has 2 rings (SSSR count). The number of carbonyl (C=O) groups is 2. The largest absolute Gasteiger partial charge is 0.482 e. The SMILES string of the molecule is CCCCNC(=O)[C@@H](CC)N(Cc1ccc(Cl)cc1)C(=O)COc1ccccc1Cl. The van der Waals surface area contributed by atoms with E-state index in [0.717, 1.165) is 18.4 Å². The van der Waals surface area contributed by atoms with Crippen LogP contribution < -0.4 is 10.1 Å². The van der Waals surface area contributed by atoms with Crippen molar-refractivity contribution in [2.45, 2.75) is 45.7 Å². The van der Waals surface area contributed by atoms with Crippen molar-refractivity contribution in [1.82, 2.24) is 10.2 Å². The summed E-state index contributed by atoms with van der Waals surface area (Å²) in [5, 5.41) is 3.98. The molecule has 162 valence electrons. The zero-order valence-corrected chi connectivity index (χ0v) is 18.9. The topological polar surface area (TPSA) is 58.6 Å². The van der Waals surface area contributed by atoms with E-state index < -0.39 is 6.04 Å². The molecule has 0 aromatic heterocycles. The lowest BCUT2D eigenvalue weighted by Gasteiger charge is -2.30. The van der Waals surface area contributed by atoms with Crippen LogP contribution in [0, 0.1) is 0 Å². The summed E-state index contributed by atoms with van der Waals surface area (Å²) in [5.74, 6) is -0.0206. The van der Waals surface area contributed by atoms with Gasteiger partial charge in [0, 0.05) is 18.1 Å². The first-order valence-corrected chi connectivity index (χ1v) is 10.9. The number of hydrogen-bond donors (Lipinski definition) is 1. The number of nitrogens with zero attached hydrogens (tertiary/aromatic N) is 1. The quantitative estimate of drug-likeness (QED) is 0.484. The molecule has 0 fully saturated rings. The lowest BCUT2D eigenvalue weighted by Crippen LogP contribution is -2.50. The maximum atomic E-state index is 13.1. The van der Waals surface area contributed by atoms with Gasteiger partial charge in [-0.05, 0) is 42.7 Å². The molecule has 0 unspecified atom stereocenters. The van der Waals surface area contributed by atoms with Crippen molar-refractivity contribution in [1.29, 1.82) is 0 Å². The van der Waals surface area contributed by atoms with Crippen LogP contribution in [-0.2, 0) is 16.1 Å². The molecule has 0 spiro atoms. The number of amides is 2. The summed E-state index contributed by atoms with van der Waals surface area (Å²) in [6.07, 6.45) is 2.36.